The highest BCUT2D eigenvalue weighted by Crippen LogP contribution is 2.39. The molecule has 1 aliphatic rings. The SMILES string of the molecule is CCOc1ccccc1CCC(=O)Nc1sc2c(c1C#N)CCC(COC(=O)NCc1conc1C)C2. The molecule has 9 nitrogen and oxygen atoms in total. The zero-order valence-corrected chi connectivity index (χ0v) is 21.8. The Kier molecular flexibility index (Phi) is 8.80. The molecule has 0 radical (unpaired) electrons. The Hall–Kier alpha value is -3.84. The monoisotopic (exact) mass is 522 g/mol. The summed E-state index contributed by atoms with van der Waals surface area (Å²) in [6.45, 7) is 4.88. The van der Waals surface area contributed by atoms with Crippen LogP contribution in [0.15, 0.2) is 35.1 Å². The van der Waals surface area contributed by atoms with Gasteiger partial charge in [-0.15, -0.1) is 11.3 Å². The van der Waals surface area contributed by atoms with E-state index in [1.165, 1.54) is 17.6 Å². The zero-order chi connectivity index (χ0) is 26.2. The van der Waals surface area contributed by atoms with E-state index in [1.807, 2.05) is 31.2 Å². The molecule has 0 aliphatic heterocycles. The Morgan fingerprint density at radius 2 is 2.14 bits per heavy atom. The van der Waals surface area contributed by atoms with E-state index in [1.54, 1.807) is 6.92 Å². The summed E-state index contributed by atoms with van der Waals surface area (Å²) < 4.78 is 15.9. The number of aromatic nitrogens is 1. The normalized spacial score (nSPS) is 14.4. The van der Waals surface area contributed by atoms with Gasteiger partial charge in [-0.05, 0) is 62.6 Å². The molecule has 1 unspecified atom stereocenters. The number of anilines is 1. The molecule has 0 bridgehead atoms. The van der Waals surface area contributed by atoms with Crippen molar-refractivity contribution in [2.45, 2.75) is 52.5 Å². The van der Waals surface area contributed by atoms with Gasteiger partial charge in [-0.2, -0.15) is 5.26 Å². The molecular weight excluding hydrogens is 492 g/mol. The number of alkyl carbamates (subject to hydrolysis) is 1. The number of thiophene rings is 1. The number of fused-ring (bicyclic) bond motifs is 1. The number of carbonyl (C=O) groups is 2. The van der Waals surface area contributed by atoms with Crippen molar-refractivity contribution >= 4 is 28.3 Å². The van der Waals surface area contributed by atoms with Crippen molar-refractivity contribution in [1.82, 2.24) is 10.5 Å². The average molecular weight is 523 g/mol. The number of rotatable bonds is 10. The number of amides is 2. The highest BCUT2D eigenvalue weighted by molar-refractivity contribution is 7.16. The Morgan fingerprint density at radius 3 is 2.89 bits per heavy atom. The fourth-order valence-electron chi connectivity index (χ4n) is 4.34. The number of benzene rings is 1. The van der Waals surface area contributed by atoms with E-state index in [9.17, 15) is 14.9 Å². The summed E-state index contributed by atoms with van der Waals surface area (Å²) in [6, 6.07) is 9.98. The molecule has 2 aromatic heterocycles. The van der Waals surface area contributed by atoms with Crippen molar-refractivity contribution in [3.05, 3.63) is 63.4 Å². The van der Waals surface area contributed by atoms with Gasteiger partial charge in [-0.25, -0.2) is 4.79 Å². The molecule has 0 saturated heterocycles. The average Bonchev–Trinajstić information content (AvgIpc) is 3.47. The molecule has 1 atom stereocenters. The molecule has 194 valence electrons. The molecule has 1 aromatic carbocycles. The second-order valence-electron chi connectivity index (χ2n) is 8.89. The fraction of sp³-hybridized carbons (Fsp3) is 0.407. The first-order valence-electron chi connectivity index (χ1n) is 12.3. The number of carbonyl (C=O) groups excluding carboxylic acids is 2. The number of nitrogens with one attached hydrogen (secondary N) is 2. The van der Waals surface area contributed by atoms with E-state index in [4.69, 9.17) is 14.0 Å². The first-order valence-corrected chi connectivity index (χ1v) is 13.2. The van der Waals surface area contributed by atoms with Gasteiger partial charge in [0.15, 0.2) is 0 Å². The smallest absolute Gasteiger partial charge is 0.407 e. The molecule has 0 spiro atoms. The third-order valence-corrected chi connectivity index (χ3v) is 7.52. The van der Waals surface area contributed by atoms with Crippen LogP contribution in [0.1, 0.15) is 52.6 Å². The maximum atomic E-state index is 12.7. The second-order valence-corrected chi connectivity index (χ2v) is 10.00. The summed E-state index contributed by atoms with van der Waals surface area (Å²) in [7, 11) is 0. The lowest BCUT2D eigenvalue weighted by Crippen LogP contribution is -2.27. The van der Waals surface area contributed by atoms with E-state index in [0.717, 1.165) is 39.4 Å². The number of para-hydroxylation sites is 1. The van der Waals surface area contributed by atoms with Gasteiger partial charge < -0.3 is 24.6 Å². The summed E-state index contributed by atoms with van der Waals surface area (Å²) in [5, 5.41) is 19.8. The van der Waals surface area contributed by atoms with Crippen LogP contribution in [0.25, 0.3) is 0 Å². The number of ether oxygens (including phenoxy) is 2. The van der Waals surface area contributed by atoms with Crippen LogP contribution < -0.4 is 15.4 Å². The number of nitrogens with zero attached hydrogens (tertiary/aromatic N) is 2. The quantitative estimate of drug-likeness (QED) is 0.387. The van der Waals surface area contributed by atoms with E-state index >= 15 is 0 Å². The number of hydrogen-bond acceptors (Lipinski definition) is 8. The summed E-state index contributed by atoms with van der Waals surface area (Å²) in [5.41, 5.74) is 4.05. The molecule has 2 heterocycles. The summed E-state index contributed by atoms with van der Waals surface area (Å²) >= 11 is 1.44. The lowest BCUT2D eigenvalue weighted by atomic mass is 9.88. The first-order chi connectivity index (χ1) is 18.0. The molecule has 1 aliphatic carbocycles. The van der Waals surface area contributed by atoms with Crippen LogP contribution in [0.4, 0.5) is 9.80 Å². The topological polar surface area (TPSA) is 126 Å². The van der Waals surface area contributed by atoms with Crippen molar-refractivity contribution in [2.75, 3.05) is 18.5 Å². The van der Waals surface area contributed by atoms with Crippen LogP contribution >= 0.6 is 11.3 Å². The zero-order valence-electron chi connectivity index (χ0n) is 21.0. The molecule has 2 N–H and O–H groups in total. The van der Waals surface area contributed by atoms with Crippen LogP contribution in [0.3, 0.4) is 0 Å². The van der Waals surface area contributed by atoms with E-state index in [2.05, 4.69) is 21.9 Å². The lowest BCUT2D eigenvalue weighted by molar-refractivity contribution is -0.116. The molecular formula is C27H30N4O5S. The minimum Gasteiger partial charge on any atom is -0.494 e. The van der Waals surface area contributed by atoms with Crippen LogP contribution in [0, 0.1) is 24.2 Å². The van der Waals surface area contributed by atoms with Crippen molar-refractivity contribution in [3.63, 3.8) is 0 Å². The van der Waals surface area contributed by atoms with Crippen LogP contribution in [0.2, 0.25) is 0 Å². The Labute approximate surface area is 219 Å². The molecule has 0 saturated carbocycles. The third kappa shape index (κ3) is 6.68. The van der Waals surface area contributed by atoms with E-state index < -0.39 is 6.09 Å². The number of nitriles is 1. The van der Waals surface area contributed by atoms with Crippen molar-refractivity contribution < 1.29 is 23.6 Å². The van der Waals surface area contributed by atoms with Gasteiger partial charge in [-0.3, -0.25) is 4.79 Å². The molecule has 10 heteroatoms. The number of hydrogen-bond donors (Lipinski definition) is 2. The van der Waals surface area contributed by atoms with Crippen LogP contribution in [-0.2, 0) is 35.3 Å². The van der Waals surface area contributed by atoms with Crippen molar-refractivity contribution in [2.24, 2.45) is 5.92 Å². The van der Waals surface area contributed by atoms with Gasteiger partial charge in [0.2, 0.25) is 5.91 Å². The molecule has 37 heavy (non-hydrogen) atoms. The molecule has 2 amide bonds. The van der Waals surface area contributed by atoms with Crippen LogP contribution in [-0.4, -0.2) is 30.4 Å². The first kappa shape index (κ1) is 26.2. The van der Waals surface area contributed by atoms with E-state index in [-0.39, 0.29) is 24.9 Å². The maximum Gasteiger partial charge on any atom is 0.407 e. The highest BCUT2D eigenvalue weighted by atomic mass is 32.1. The van der Waals surface area contributed by atoms with Gasteiger partial charge in [0.05, 0.1) is 31.0 Å². The minimum atomic E-state index is -0.492. The Balaban J connectivity index is 1.29. The second kappa shape index (κ2) is 12.4. The van der Waals surface area contributed by atoms with Crippen molar-refractivity contribution in [3.8, 4) is 11.8 Å². The largest absolute Gasteiger partial charge is 0.494 e. The fourth-order valence-corrected chi connectivity index (χ4v) is 5.67. The Morgan fingerprint density at radius 1 is 1.30 bits per heavy atom. The summed E-state index contributed by atoms with van der Waals surface area (Å²) in [5.74, 6) is 0.804. The minimum absolute atomic E-state index is 0.138. The van der Waals surface area contributed by atoms with Gasteiger partial charge >= 0.3 is 6.09 Å². The predicted octanol–water partition coefficient (Wildman–Crippen LogP) is 4.92. The van der Waals surface area contributed by atoms with Gasteiger partial charge in [-0.1, -0.05) is 23.4 Å². The number of aryl methyl sites for hydroxylation is 2. The predicted molar refractivity (Wildman–Crippen MR) is 139 cm³/mol. The van der Waals surface area contributed by atoms with Crippen molar-refractivity contribution in [1.29, 1.82) is 5.26 Å². The van der Waals surface area contributed by atoms with E-state index in [0.29, 0.717) is 43.0 Å². The Bertz CT molecular complexity index is 1290. The lowest BCUT2D eigenvalue weighted by Gasteiger charge is -2.21. The molecule has 4 rings (SSSR count). The molecule has 0 fully saturated rings. The summed E-state index contributed by atoms with van der Waals surface area (Å²) in [6.07, 6.45) is 4.06. The molecule has 3 aromatic rings. The van der Waals surface area contributed by atoms with Gasteiger partial charge in [0, 0.05) is 16.9 Å². The maximum absolute atomic E-state index is 12.7. The highest BCUT2D eigenvalue weighted by Gasteiger charge is 2.27. The summed E-state index contributed by atoms with van der Waals surface area (Å²) in [4.78, 5) is 25.9. The van der Waals surface area contributed by atoms with Crippen LogP contribution in [0.5, 0.6) is 5.75 Å². The van der Waals surface area contributed by atoms with Gasteiger partial charge in [0.1, 0.15) is 23.1 Å². The third-order valence-electron chi connectivity index (χ3n) is 6.35. The standard InChI is InChI=1S/C27H30N4O5S/c1-3-34-23-7-5-4-6-19(23)9-11-25(32)30-26-22(13-28)21-10-8-18(12-24(21)37-26)15-35-27(33)29-14-20-16-36-31-17(20)2/h4-7,16,18H,3,8-12,14-15H2,1-2H3,(H,29,33)(H,30,32). The van der Waals surface area contributed by atoms with Gasteiger partial charge in [0.25, 0.3) is 0 Å².